The number of ketones is 1. The lowest BCUT2D eigenvalue weighted by atomic mass is 9.74. The smallest absolute Gasteiger partial charge is 0.190 e. The van der Waals surface area contributed by atoms with Gasteiger partial charge in [-0.2, -0.15) is 0 Å². The van der Waals surface area contributed by atoms with Crippen molar-refractivity contribution in [3.05, 3.63) is 41.0 Å². The molecule has 3 fully saturated rings. The number of Topliss-reactive ketones (excluding diaryl/α,β-unsaturated/α-hetero) is 1. The molecule has 2 aliphatic carbocycles. The van der Waals surface area contributed by atoms with Crippen LogP contribution in [0.15, 0.2) is 24.3 Å². The molecule has 2 aliphatic heterocycles. The summed E-state index contributed by atoms with van der Waals surface area (Å²) in [6, 6.07) is 6.52. The van der Waals surface area contributed by atoms with Crippen molar-refractivity contribution >= 4 is 11.9 Å². The van der Waals surface area contributed by atoms with Crippen LogP contribution in [-0.2, 0) is 36.8 Å². The molecule has 5 heteroatoms. The van der Waals surface area contributed by atoms with E-state index in [2.05, 4.69) is 37.3 Å². The van der Waals surface area contributed by atoms with Crippen molar-refractivity contribution in [3.8, 4) is 0 Å². The van der Waals surface area contributed by atoms with Gasteiger partial charge in [-0.05, 0) is 48.9 Å². The highest BCUT2D eigenvalue weighted by molar-refractivity contribution is 5.87. The minimum absolute atomic E-state index is 0.205. The van der Waals surface area contributed by atoms with E-state index < -0.39 is 17.7 Å². The molecule has 2 heterocycles. The third-order valence-corrected chi connectivity index (χ3v) is 6.03. The summed E-state index contributed by atoms with van der Waals surface area (Å²) >= 11 is 0. The summed E-state index contributed by atoms with van der Waals surface area (Å²) in [7, 11) is 0. The summed E-state index contributed by atoms with van der Waals surface area (Å²) < 4.78 is 24.3. The predicted molar refractivity (Wildman–Crippen MR) is 98.8 cm³/mol. The van der Waals surface area contributed by atoms with Crippen molar-refractivity contribution in [2.45, 2.75) is 76.5 Å². The molecule has 144 valence electrons. The SMILES string of the molecule is CC1C=Cc2cc(CO[C@H]3[C@H]4OC(C)(C)O[C@H]4OC34CC(=O)C4)ccc2C1. The zero-order chi connectivity index (χ0) is 18.8. The first kappa shape index (κ1) is 17.6. The highest BCUT2D eigenvalue weighted by Crippen LogP contribution is 2.51. The first-order valence-corrected chi connectivity index (χ1v) is 9.80. The van der Waals surface area contributed by atoms with Gasteiger partial charge in [0, 0.05) is 12.8 Å². The van der Waals surface area contributed by atoms with Gasteiger partial charge in [0.25, 0.3) is 0 Å². The quantitative estimate of drug-likeness (QED) is 0.816. The van der Waals surface area contributed by atoms with E-state index in [9.17, 15) is 4.79 Å². The number of fused-ring (bicyclic) bond motifs is 2. The molecule has 1 spiro atoms. The molecule has 1 unspecified atom stereocenters. The van der Waals surface area contributed by atoms with Gasteiger partial charge in [-0.1, -0.05) is 31.2 Å². The fourth-order valence-electron chi connectivity index (χ4n) is 4.74. The summed E-state index contributed by atoms with van der Waals surface area (Å²) in [6.45, 7) is 6.45. The van der Waals surface area contributed by atoms with Crippen LogP contribution in [0.4, 0.5) is 0 Å². The molecule has 5 nitrogen and oxygen atoms in total. The number of benzene rings is 1. The number of hydrogen-bond acceptors (Lipinski definition) is 5. The maximum absolute atomic E-state index is 11.7. The Morgan fingerprint density at radius 2 is 2.00 bits per heavy atom. The Labute approximate surface area is 159 Å². The average molecular weight is 370 g/mol. The van der Waals surface area contributed by atoms with Crippen molar-refractivity contribution in [3.63, 3.8) is 0 Å². The second-order valence-corrected chi connectivity index (χ2v) is 8.85. The van der Waals surface area contributed by atoms with E-state index in [1.54, 1.807) is 0 Å². The second-order valence-electron chi connectivity index (χ2n) is 8.85. The molecule has 27 heavy (non-hydrogen) atoms. The minimum atomic E-state index is -0.695. The number of hydrogen-bond donors (Lipinski definition) is 0. The van der Waals surface area contributed by atoms with Crippen LogP contribution in [0.25, 0.3) is 6.08 Å². The zero-order valence-electron chi connectivity index (χ0n) is 16.1. The first-order valence-electron chi connectivity index (χ1n) is 9.80. The average Bonchev–Trinajstić information content (AvgIpc) is 3.01. The summed E-state index contributed by atoms with van der Waals surface area (Å²) in [4.78, 5) is 11.7. The molecule has 4 aliphatic rings. The van der Waals surface area contributed by atoms with Crippen molar-refractivity contribution in [1.82, 2.24) is 0 Å². The Hall–Kier alpha value is -1.53. The van der Waals surface area contributed by atoms with E-state index in [4.69, 9.17) is 18.9 Å². The molecule has 0 amide bonds. The Bertz CT molecular complexity index is 803. The maximum atomic E-state index is 11.7. The van der Waals surface area contributed by atoms with Crippen molar-refractivity contribution in [1.29, 1.82) is 0 Å². The molecule has 1 aromatic rings. The lowest BCUT2D eigenvalue weighted by Gasteiger charge is -2.41. The monoisotopic (exact) mass is 370 g/mol. The Morgan fingerprint density at radius 1 is 1.19 bits per heavy atom. The predicted octanol–water partition coefficient (Wildman–Crippen LogP) is 3.39. The first-order chi connectivity index (χ1) is 12.8. The highest BCUT2D eigenvalue weighted by atomic mass is 16.8. The number of allylic oxidation sites excluding steroid dienone is 1. The number of carbonyl (C=O) groups is 1. The summed E-state index contributed by atoms with van der Waals surface area (Å²) in [6.07, 6.45) is 5.23. The Kier molecular flexibility index (Phi) is 3.89. The molecule has 0 aromatic heterocycles. The standard InChI is InChI=1S/C22H26O5/c1-13-4-6-16-9-14(5-7-15(16)8-13)12-24-19-18-20(26-21(2,3)25-18)27-22(19)10-17(23)11-22/h4-7,9,13,18-20H,8,10-12H2,1-3H3/t13?,18-,19+,20+/m1/s1. The number of carbonyl (C=O) groups excluding carboxylic acids is 1. The molecular formula is C22H26O5. The molecule has 5 rings (SSSR count). The van der Waals surface area contributed by atoms with Crippen LogP contribution in [0.3, 0.4) is 0 Å². The van der Waals surface area contributed by atoms with Gasteiger partial charge < -0.3 is 18.9 Å². The van der Waals surface area contributed by atoms with Crippen LogP contribution in [-0.4, -0.2) is 35.7 Å². The van der Waals surface area contributed by atoms with E-state index in [1.165, 1.54) is 11.1 Å². The van der Waals surface area contributed by atoms with Crippen LogP contribution in [0.5, 0.6) is 0 Å². The lowest BCUT2D eigenvalue weighted by molar-refractivity contribution is -0.254. The molecule has 0 radical (unpaired) electrons. The fourth-order valence-corrected chi connectivity index (χ4v) is 4.74. The van der Waals surface area contributed by atoms with Gasteiger partial charge >= 0.3 is 0 Å². The molecule has 4 atom stereocenters. The molecular weight excluding hydrogens is 344 g/mol. The van der Waals surface area contributed by atoms with E-state index in [0.29, 0.717) is 25.4 Å². The largest absolute Gasteiger partial charge is 0.368 e. The van der Waals surface area contributed by atoms with Crippen LogP contribution >= 0.6 is 0 Å². The van der Waals surface area contributed by atoms with Gasteiger partial charge in [0.05, 0.1) is 6.61 Å². The Morgan fingerprint density at radius 3 is 2.78 bits per heavy atom. The summed E-state index contributed by atoms with van der Waals surface area (Å²) in [5, 5.41) is 0. The fraction of sp³-hybridized carbons (Fsp3) is 0.591. The molecule has 1 saturated carbocycles. The minimum Gasteiger partial charge on any atom is -0.368 e. The van der Waals surface area contributed by atoms with Gasteiger partial charge in [0.2, 0.25) is 0 Å². The van der Waals surface area contributed by atoms with Crippen LogP contribution in [0.2, 0.25) is 0 Å². The second kappa shape index (κ2) is 5.98. The molecule has 2 saturated heterocycles. The van der Waals surface area contributed by atoms with Crippen LogP contribution in [0.1, 0.15) is 50.3 Å². The van der Waals surface area contributed by atoms with Crippen LogP contribution in [0, 0.1) is 5.92 Å². The third kappa shape index (κ3) is 2.97. The van der Waals surface area contributed by atoms with E-state index in [0.717, 1.165) is 12.0 Å². The van der Waals surface area contributed by atoms with E-state index in [1.807, 2.05) is 13.8 Å². The Balaban J connectivity index is 1.33. The van der Waals surface area contributed by atoms with Crippen molar-refractivity contribution < 1.29 is 23.7 Å². The van der Waals surface area contributed by atoms with Gasteiger partial charge in [0.15, 0.2) is 12.1 Å². The van der Waals surface area contributed by atoms with Crippen LogP contribution < -0.4 is 0 Å². The zero-order valence-corrected chi connectivity index (χ0v) is 16.1. The summed E-state index contributed by atoms with van der Waals surface area (Å²) in [5.41, 5.74) is 3.18. The molecule has 0 bridgehead atoms. The number of ether oxygens (including phenoxy) is 4. The number of rotatable bonds is 3. The maximum Gasteiger partial charge on any atom is 0.190 e. The van der Waals surface area contributed by atoms with Crippen molar-refractivity contribution in [2.24, 2.45) is 5.92 Å². The van der Waals surface area contributed by atoms with Gasteiger partial charge in [0.1, 0.15) is 23.6 Å². The summed E-state index contributed by atoms with van der Waals surface area (Å²) in [5.74, 6) is 0.0986. The lowest BCUT2D eigenvalue weighted by Crippen LogP contribution is -2.55. The normalized spacial score (nSPS) is 35.1. The van der Waals surface area contributed by atoms with Gasteiger partial charge in [-0.3, -0.25) is 4.79 Å². The van der Waals surface area contributed by atoms with E-state index >= 15 is 0 Å². The third-order valence-electron chi connectivity index (χ3n) is 6.03. The van der Waals surface area contributed by atoms with Gasteiger partial charge in [-0.15, -0.1) is 0 Å². The van der Waals surface area contributed by atoms with E-state index in [-0.39, 0.29) is 18.0 Å². The van der Waals surface area contributed by atoms with Gasteiger partial charge in [-0.25, -0.2) is 0 Å². The highest BCUT2D eigenvalue weighted by Gasteiger charge is 2.66. The topological polar surface area (TPSA) is 54.0 Å². The molecule has 0 N–H and O–H groups in total. The van der Waals surface area contributed by atoms with Crippen molar-refractivity contribution in [2.75, 3.05) is 0 Å². The molecule has 1 aromatic carbocycles.